The van der Waals surface area contributed by atoms with Crippen molar-refractivity contribution in [3.05, 3.63) is 0 Å². The normalized spacial score (nSPS) is 23.4. The second-order valence-corrected chi connectivity index (χ2v) is 5.72. The number of carboxylic acid groups (broad SMARTS) is 1. The summed E-state index contributed by atoms with van der Waals surface area (Å²) in [6.45, 7) is 6.01. The summed E-state index contributed by atoms with van der Waals surface area (Å²) in [6, 6.07) is 0. The van der Waals surface area contributed by atoms with Gasteiger partial charge in [-0.1, -0.05) is 13.8 Å². The molecule has 0 aromatic heterocycles. The van der Waals surface area contributed by atoms with E-state index in [1.54, 1.807) is 7.11 Å². The minimum Gasteiger partial charge on any atom is -0.481 e. The Morgan fingerprint density at radius 3 is 2.40 bits per heavy atom. The summed E-state index contributed by atoms with van der Waals surface area (Å²) in [7, 11) is 1.63. The van der Waals surface area contributed by atoms with Gasteiger partial charge in [-0.2, -0.15) is 0 Å². The number of nitrogens with one attached hydrogen (secondary N) is 1. The van der Waals surface area contributed by atoms with Crippen molar-refractivity contribution in [1.82, 2.24) is 5.32 Å². The van der Waals surface area contributed by atoms with Crippen LogP contribution in [0.25, 0.3) is 0 Å². The number of hydrogen-bond donors (Lipinski definition) is 2. The first kappa shape index (κ1) is 16.9. The molecule has 2 N–H and O–H groups in total. The number of unbranched alkanes of at least 4 members (excludes halogenated alkanes) is 1. The summed E-state index contributed by atoms with van der Waals surface area (Å²) in [5.74, 6) is -2.00. The summed E-state index contributed by atoms with van der Waals surface area (Å²) in [6.07, 6.45) is 1.68. The highest BCUT2D eigenvalue weighted by Gasteiger charge is 2.65. The van der Waals surface area contributed by atoms with E-state index in [9.17, 15) is 9.59 Å². The molecular formula is C14H25NO5. The Balaban J connectivity index is 2.09. The molecule has 1 fully saturated rings. The number of carbonyl (C=O) groups excluding carboxylic acids is 1. The smallest absolute Gasteiger partial charge is 0.307 e. The van der Waals surface area contributed by atoms with Gasteiger partial charge in [0.25, 0.3) is 0 Å². The molecule has 0 spiro atoms. The Morgan fingerprint density at radius 2 is 1.85 bits per heavy atom. The van der Waals surface area contributed by atoms with Crippen molar-refractivity contribution in [2.45, 2.75) is 26.7 Å². The van der Waals surface area contributed by atoms with Crippen LogP contribution in [0.1, 0.15) is 26.7 Å². The standard InChI is InChI=1S/C14H25NO5/c1-14(2)10(11(14)13(17)18)12(16)15-6-4-5-7-20-9-8-19-3/h10-11H,4-9H2,1-3H3,(H,15,16)(H,17,18). The maximum atomic E-state index is 11.9. The number of aliphatic carboxylic acids is 1. The predicted molar refractivity (Wildman–Crippen MR) is 73.3 cm³/mol. The van der Waals surface area contributed by atoms with Gasteiger partial charge in [-0.05, 0) is 18.3 Å². The molecule has 2 unspecified atom stereocenters. The van der Waals surface area contributed by atoms with E-state index >= 15 is 0 Å². The number of carbonyl (C=O) groups is 2. The predicted octanol–water partition coefficient (Wildman–Crippen LogP) is 0.903. The maximum absolute atomic E-state index is 11.9. The SMILES string of the molecule is COCCOCCCCNC(=O)C1C(C(=O)O)C1(C)C. The van der Waals surface area contributed by atoms with Gasteiger partial charge in [-0.3, -0.25) is 9.59 Å². The molecule has 116 valence electrons. The van der Waals surface area contributed by atoms with Crippen molar-refractivity contribution in [1.29, 1.82) is 0 Å². The van der Waals surface area contributed by atoms with Gasteiger partial charge in [0.2, 0.25) is 5.91 Å². The summed E-state index contributed by atoms with van der Waals surface area (Å²) in [5.41, 5.74) is -0.431. The van der Waals surface area contributed by atoms with E-state index in [0.29, 0.717) is 26.4 Å². The molecule has 0 radical (unpaired) electrons. The highest BCUT2D eigenvalue weighted by Crippen LogP contribution is 2.58. The Kier molecular flexibility index (Phi) is 6.42. The van der Waals surface area contributed by atoms with Crippen LogP contribution in [0.2, 0.25) is 0 Å². The average Bonchev–Trinajstić information content (AvgIpc) is 2.96. The molecule has 0 aliphatic heterocycles. The van der Waals surface area contributed by atoms with Gasteiger partial charge in [0.15, 0.2) is 0 Å². The van der Waals surface area contributed by atoms with E-state index in [-0.39, 0.29) is 5.91 Å². The molecular weight excluding hydrogens is 262 g/mol. The topological polar surface area (TPSA) is 84.9 Å². The quantitative estimate of drug-likeness (QED) is 0.583. The molecule has 0 aromatic carbocycles. The van der Waals surface area contributed by atoms with Crippen LogP contribution in [0.5, 0.6) is 0 Å². The van der Waals surface area contributed by atoms with Gasteiger partial charge in [-0.25, -0.2) is 0 Å². The van der Waals surface area contributed by atoms with Crippen molar-refractivity contribution in [2.24, 2.45) is 17.3 Å². The molecule has 20 heavy (non-hydrogen) atoms. The summed E-state index contributed by atoms with van der Waals surface area (Å²) in [4.78, 5) is 22.9. The van der Waals surface area contributed by atoms with Crippen LogP contribution in [0, 0.1) is 17.3 Å². The van der Waals surface area contributed by atoms with Gasteiger partial charge < -0.3 is 19.9 Å². The highest BCUT2D eigenvalue weighted by molar-refractivity contribution is 5.91. The first-order chi connectivity index (χ1) is 9.42. The fraction of sp³-hybridized carbons (Fsp3) is 0.857. The van der Waals surface area contributed by atoms with Crippen molar-refractivity contribution >= 4 is 11.9 Å². The maximum Gasteiger partial charge on any atom is 0.307 e. The fourth-order valence-electron chi connectivity index (χ4n) is 2.48. The number of amides is 1. The lowest BCUT2D eigenvalue weighted by Gasteiger charge is -2.06. The molecule has 1 rings (SSSR count). The number of rotatable bonds is 10. The fourth-order valence-corrected chi connectivity index (χ4v) is 2.48. The zero-order valence-corrected chi connectivity index (χ0v) is 12.5. The van der Waals surface area contributed by atoms with Gasteiger partial charge in [0.1, 0.15) is 0 Å². The van der Waals surface area contributed by atoms with Gasteiger partial charge in [0.05, 0.1) is 25.0 Å². The van der Waals surface area contributed by atoms with E-state index in [1.165, 1.54) is 0 Å². The van der Waals surface area contributed by atoms with E-state index in [2.05, 4.69) is 5.32 Å². The first-order valence-electron chi connectivity index (χ1n) is 7.00. The molecule has 1 saturated carbocycles. The number of carboxylic acids is 1. The molecule has 0 heterocycles. The Morgan fingerprint density at radius 1 is 1.15 bits per heavy atom. The molecule has 2 atom stereocenters. The number of methoxy groups -OCH3 is 1. The zero-order valence-electron chi connectivity index (χ0n) is 12.5. The van der Waals surface area contributed by atoms with Crippen LogP contribution in [-0.2, 0) is 19.1 Å². The zero-order chi connectivity index (χ0) is 15.2. The van der Waals surface area contributed by atoms with Gasteiger partial charge >= 0.3 is 5.97 Å². The van der Waals surface area contributed by atoms with E-state index in [0.717, 1.165) is 12.8 Å². The van der Waals surface area contributed by atoms with Crippen LogP contribution < -0.4 is 5.32 Å². The van der Waals surface area contributed by atoms with Crippen molar-refractivity contribution < 1.29 is 24.2 Å². The van der Waals surface area contributed by atoms with Gasteiger partial charge in [-0.15, -0.1) is 0 Å². The highest BCUT2D eigenvalue weighted by atomic mass is 16.5. The van der Waals surface area contributed by atoms with Crippen LogP contribution >= 0.6 is 0 Å². The lowest BCUT2D eigenvalue weighted by Crippen LogP contribution is -2.28. The Labute approximate surface area is 119 Å². The molecule has 6 nitrogen and oxygen atoms in total. The second kappa shape index (κ2) is 7.59. The van der Waals surface area contributed by atoms with Crippen LogP contribution in [0.3, 0.4) is 0 Å². The van der Waals surface area contributed by atoms with Crippen molar-refractivity contribution in [2.75, 3.05) is 33.5 Å². The molecule has 0 saturated heterocycles. The van der Waals surface area contributed by atoms with Crippen LogP contribution in [0.4, 0.5) is 0 Å². The molecule has 1 aliphatic carbocycles. The molecule has 0 bridgehead atoms. The third-order valence-electron chi connectivity index (χ3n) is 3.82. The lowest BCUT2D eigenvalue weighted by atomic mass is 10.1. The Hall–Kier alpha value is -1.14. The summed E-state index contributed by atoms with van der Waals surface area (Å²) < 4.78 is 10.2. The van der Waals surface area contributed by atoms with E-state index < -0.39 is 23.2 Å². The molecule has 1 aliphatic rings. The summed E-state index contributed by atoms with van der Waals surface area (Å²) in [5, 5.41) is 11.8. The third kappa shape index (κ3) is 4.45. The van der Waals surface area contributed by atoms with Crippen molar-refractivity contribution in [3.63, 3.8) is 0 Å². The Bertz CT molecular complexity index is 342. The van der Waals surface area contributed by atoms with Crippen molar-refractivity contribution in [3.8, 4) is 0 Å². The van der Waals surface area contributed by atoms with Gasteiger partial charge in [0, 0.05) is 20.3 Å². The number of ether oxygens (including phenoxy) is 2. The van der Waals surface area contributed by atoms with E-state index in [1.807, 2.05) is 13.8 Å². The lowest BCUT2D eigenvalue weighted by molar-refractivity contribution is -0.140. The minimum absolute atomic E-state index is 0.150. The van der Waals surface area contributed by atoms with Crippen LogP contribution in [0.15, 0.2) is 0 Å². The molecule has 0 aromatic rings. The first-order valence-corrected chi connectivity index (χ1v) is 7.00. The second-order valence-electron chi connectivity index (χ2n) is 5.72. The largest absolute Gasteiger partial charge is 0.481 e. The third-order valence-corrected chi connectivity index (χ3v) is 3.82. The molecule has 1 amide bonds. The molecule has 6 heteroatoms. The minimum atomic E-state index is -0.887. The average molecular weight is 287 g/mol. The summed E-state index contributed by atoms with van der Waals surface area (Å²) >= 11 is 0. The van der Waals surface area contributed by atoms with E-state index in [4.69, 9.17) is 14.6 Å². The number of hydrogen-bond acceptors (Lipinski definition) is 4. The van der Waals surface area contributed by atoms with Crippen LogP contribution in [-0.4, -0.2) is 50.5 Å². The monoisotopic (exact) mass is 287 g/mol.